The molecule has 0 saturated heterocycles. The molecule has 0 amide bonds. The fourth-order valence-electron chi connectivity index (χ4n) is 3.07. The lowest BCUT2D eigenvalue weighted by Gasteiger charge is -1.98. The van der Waals surface area contributed by atoms with Crippen LogP contribution in [-0.2, 0) is 0 Å². The Balaban J connectivity index is 1.52. The van der Waals surface area contributed by atoms with Crippen LogP contribution in [0.15, 0.2) is 65.1 Å². The number of aryl methyl sites for hydroxylation is 2. The molecule has 5 aromatic rings. The van der Waals surface area contributed by atoms with Crippen molar-refractivity contribution in [3.63, 3.8) is 0 Å². The monoisotopic (exact) mass is 356 g/mol. The second-order valence-corrected chi connectivity index (χ2v) is 7.59. The molecule has 0 fully saturated rings. The Labute approximate surface area is 155 Å². The smallest absolute Gasteiger partial charge is 0.227 e. The number of rotatable bonds is 2. The summed E-state index contributed by atoms with van der Waals surface area (Å²) in [4.78, 5) is 9.34. The van der Waals surface area contributed by atoms with Gasteiger partial charge in [0.2, 0.25) is 5.89 Å². The number of hydrogen-bond donors (Lipinski definition) is 0. The van der Waals surface area contributed by atoms with Crippen LogP contribution in [0, 0.1) is 13.8 Å². The van der Waals surface area contributed by atoms with Crippen molar-refractivity contribution in [1.29, 1.82) is 0 Å². The zero-order valence-electron chi connectivity index (χ0n) is 14.5. The molecule has 0 unspecified atom stereocenters. The predicted octanol–water partition coefficient (Wildman–Crippen LogP) is 6.39. The molecule has 126 valence electrons. The van der Waals surface area contributed by atoms with Gasteiger partial charge in [0.05, 0.1) is 10.2 Å². The summed E-state index contributed by atoms with van der Waals surface area (Å²) in [6, 6.07) is 20.7. The lowest BCUT2D eigenvalue weighted by molar-refractivity contribution is 0.619. The van der Waals surface area contributed by atoms with Crippen molar-refractivity contribution < 1.29 is 4.42 Å². The summed E-state index contributed by atoms with van der Waals surface area (Å²) >= 11 is 1.72. The van der Waals surface area contributed by atoms with Gasteiger partial charge in [0.1, 0.15) is 10.5 Å². The molecule has 0 radical (unpaired) electrons. The van der Waals surface area contributed by atoms with Gasteiger partial charge in [0, 0.05) is 11.1 Å². The second-order valence-electron chi connectivity index (χ2n) is 6.56. The first kappa shape index (κ1) is 15.3. The third-order valence-electron chi connectivity index (χ3n) is 4.47. The zero-order chi connectivity index (χ0) is 17.7. The van der Waals surface area contributed by atoms with Crippen LogP contribution in [0.25, 0.3) is 43.3 Å². The summed E-state index contributed by atoms with van der Waals surface area (Å²) in [5, 5.41) is 1.03. The molecule has 0 bridgehead atoms. The molecule has 3 nitrogen and oxygen atoms in total. The van der Waals surface area contributed by atoms with Gasteiger partial charge in [-0.3, -0.25) is 0 Å². The molecule has 0 N–H and O–H groups in total. The average molecular weight is 356 g/mol. The summed E-state index contributed by atoms with van der Waals surface area (Å²) in [5.41, 5.74) is 7.27. The van der Waals surface area contributed by atoms with E-state index in [1.54, 1.807) is 11.3 Å². The van der Waals surface area contributed by atoms with E-state index in [0.717, 1.165) is 32.8 Å². The first-order chi connectivity index (χ1) is 12.7. The van der Waals surface area contributed by atoms with Crippen LogP contribution in [-0.4, -0.2) is 9.97 Å². The summed E-state index contributed by atoms with van der Waals surface area (Å²) in [6.45, 7) is 4.16. The van der Waals surface area contributed by atoms with Crippen molar-refractivity contribution in [2.24, 2.45) is 0 Å². The van der Waals surface area contributed by atoms with E-state index in [9.17, 15) is 0 Å². The molecule has 0 aliphatic heterocycles. The molecule has 2 aromatic heterocycles. The van der Waals surface area contributed by atoms with Crippen molar-refractivity contribution in [3.8, 4) is 22.0 Å². The van der Waals surface area contributed by atoms with E-state index in [4.69, 9.17) is 9.40 Å². The molecular weight excluding hydrogens is 340 g/mol. The molecule has 0 saturated carbocycles. The molecule has 2 heterocycles. The van der Waals surface area contributed by atoms with Gasteiger partial charge in [-0.2, -0.15) is 0 Å². The van der Waals surface area contributed by atoms with E-state index >= 15 is 0 Å². The zero-order valence-corrected chi connectivity index (χ0v) is 15.3. The normalized spacial score (nSPS) is 11.5. The topological polar surface area (TPSA) is 38.9 Å². The molecule has 0 aliphatic rings. The van der Waals surface area contributed by atoms with E-state index < -0.39 is 0 Å². The second kappa shape index (κ2) is 5.78. The minimum Gasteiger partial charge on any atom is -0.436 e. The fraction of sp³-hybridized carbons (Fsp3) is 0.0909. The summed E-state index contributed by atoms with van der Waals surface area (Å²) in [7, 11) is 0. The summed E-state index contributed by atoms with van der Waals surface area (Å²) in [6.07, 6.45) is 0. The van der Waals surface area contributed by atoms with Crippen LogP contribution in [0.4, 0.5) is 0 Å². The summed E-state index contributed by atoms with van der Waals surface area (Å²) < 4.78 is 7.14. The van der Waals surface area contributed by atoms with Gasteiger partial charge in [-0.1, -0.05) is 24.3 Å². The van der Waals surface area contributed by atoms with Gasteiger partial charge in [-0.15, -0.1) is 11.3 Å². The lowest BCUT2D eigenvalue weighted by Crippen LogP contribution is -1.79. The third kappa shape index (κ3) is 2.59. The van der Waals surface area contributed by atoms with Gasteiger partial charge in [0.25, 0.3) is 0 Å². The van der Waals surface area contributed by atoms with E-state index in [2.05, 4.69) is 49.2 Å². The molecule has 0 spiro atoms. The van der Waals surface area contributed by atoms with Crippen molar-refractivity contribution in [2.75, 3.05) is 0 Å². The van der Waals surface area contributed by atoms with Crippen LogP contribution in [0.1, 0.15) is 11.1 Å². The van der Waals surface area contributed by atoms with Crippen LogP contribution >= 0.6 is 11.3 Å². The van der Waals surface area contributed by atoms with Gasteiger partial charge in [0.15, 0.2) is 5.58 Å². The van der Waals surface area contributed by atoms with Gasteiger partial charge >= 0.3 is 0 Å². The number of hydrogen-bond acceptors (Lipinski definition) is 4. The molecule has 0 atom stereocenters. The molecule has 26 heavy (non-hydrogen) atoms. The number of oxazole rings is 1. The highest BCUT2D eigenvalue weighted by Gasteiger charge is 2.10. The van der Waals surface area contributed by atoms with Crippen molar-refractivity contribution in [3.05, 3.63) is 71.8 Å². The van der Waals surface area contributed by atoms with Crippen molar-refractivity contribution in [2.45, 2.75) is 13.8 Å². The van der Waals surface area contributed by atoms with Gasteiger partial charge in [-0.05, 0) is 61.4 Å². The summed E-state index contributed by atoms with van der Waals surface area (Å²) in [5.74, 6) is 0.650. The van der Waals surface area contributed by atoms with Crippen LogP contribution in [0.3, 0.4) is 0 Å². The van der Waals surface area contributed by atoms with E-state index in [-0.39, 0.29) is 0 Å². The highest BCUT2D eigenvalue weighted by atomic mass is 32.1. The van der Waals surface area contributed by atoms with Crippen LogP contribution < -0.4 is 0 Å². The Kier molecular flexibility index (Phi) is 3.40. The number of thiazole rings is 1. The van der Waals surface area contributed by atoms with Gasteiger partial charge < -0.3 is 4.42 Å². The molecule has 5 rings (SSSR count). The van der Waals surface area contributed by atoms with Gasteiger partial charge in [-0.25, -0.2) is 9.97 Å². The maximum atomic E-state index is 5.92. The quantitative estimate of drug-likeness (QED) is 0.368. The number of aromatic nitrogens is 2. The van der Waals surface area contributed by atoms with E-state index in [1.807, 2.05) is 30.3 Å². The molecule has 0 aliphatic carbocycles. The molecule has 3 aromatic carbocycles. The highest BCUT2D eigenvalue weighted by Crippen LogP contribution is 2.32. The van der Waals surface area contributed by atoms with E-state index in [0.29, 0.717) is 5.89 Å². The number of nitrogens with zero attached hydrogens (tertiary/aromatic N) is 2. The van der Waals surface area contributed by atoms with Crippen LogP contribution in [0.5, 0.6) is 0 Å². The Morgan fingerprint density at radius 1 is 0.731 bits per heavy atom. The minimum atomic E-state index is 0.650. The fourth-order valence-corrected chi connectivity index (χ4v) is 4.14. The largest absolute Gasteiger partial charge is 0.436 e. The Morgan fingerprint density at radius 2 is 1.42 bits per heavy atom. The van der Waals surface area contributed by atoms with Crippen molar-refractivity contribution in [1.82, 2.24) is 9.97 Å². The average Bonchev–Trinajstić information content (AvgIpc) is 3.25. The maximum Gasteiger partial charge on any atom is 0.227 e. The Morgan fingerprint density at radius 3 is 2.23 bits per heavy atom. The number of benzene rings is 3. The van der Waals surface area contributed by atoms with E-state index in [1.165, 1.54) is 15.8 Å². The molecule has 4 heteroatoms. The standard InChI is InChI=1S/C22H16N2OS/c1-13-3-9-17-19(11-13)25-21(23-17)15-5-7-16(8-6-15)22-24-18-10-4-14(2)12-20(18)26-22/h3-12H,1-2H3. The minimum absolute atomic E-state index is 0.650. The van der Waals surface area contributed by atoms with Crippen LogP contribution in [0.2, 0.25) is 0 Å². The Bertz CT molecular complexity index is 1150. The first-order valence-corrected chi connectivity index (χ1v) is 9.32. The highest BCUT2D eigenvalue weighted by molar-refractivity contribution is 7.21. The lowest BCUT2D eigenvalue weighted by atomic mass is 10.1. The Hall–Kier alpha value is -2.98. The SMILES string of the molecule is Cc1ccc2nc(-c3ccc(-c4nc5ccc(C)cc5s4)cc3)oc2c1. The predicted molar refractivity (Wildman–Crippen MR) is 108 cm³/mol. The third-order valence-corrected chi connectivity index (χ3v) is 5.53. The van der Waals surface area contributed by atoms with Crippen molar-refractivity contribution >= 4 is 32.7 Å². The maximum absolute atomic E-state index is 5.92. The number of fused-ring (bicyclic) bond motifs is 2. The molecular formula is C22H16N2OS. The first-order valence-electron chi connectivity index (χ1n) is 8.51.